The molecule has 2 aliphatic heterocycles. The first kappa shape index (κ1) is 24.4. The van der Waals surface area contributed by atoms with Crippen LogP contribution < -0.4 is 11.0 Å². The lowest BCUT2D eigenvalue weighted by molar-refractivity contribution is -0.138. The second-order valence-electron chi connectivity index (χ2n) is 10.1. The number of amides is 2. The van der Waals surface area contributed by atoms with E-state index < -0.39 is 59.4 Å². The molecule has 188 valence electrons. The monoisotopic (exact) mass is 501 g/mol. The number of fused-ring (bicyclic) bond motifs is 1. The number of nitrogens with one attached hydrogen (secondary N) is 1. The van der Waals surface area contributed by atoms with Crippen molar-refractivity contribution in [3.05, 3.63) is 57.0 Å². The smallest absolute Gasteiger partial charge is 0.399 e. The van der Waals surface area contributed by atoms with Crippen LogP contribution in [-0.2, 0) is 31.6 Å². The van der Waals surface area contributed by atoms with Gasteiger partial charge in [-0.1, -0.05) is 18.2 Å². The molecule has 0 radical (unpaired) electrons. The van der Waals surface area contributed by atoms with Crippen molar-refractivity contribution < 1.29 is 32.1 Å². The molecule has 1 aliphatic carbocycles. The minimum atomic E-state index is -4.88. The molecule has 12 heteroatoms. The Morgan fingerprint density at radius 3 is 2.36 bits per heavy atom. The van der Waals surface area contributed by atoms with E-state index in [1.54, 1.807) is 39.8 Å². The summed E-state index contributed by atoms with van der Waals surface area (Å²) in [6.07, 6.45) is -0.508. The normalized spacial score (nSPS) is 21.2. The van der Waals surface area contributed by atoms with E-state index in [0.717, 1.165) is 11.0 Å². The van der Waals surface area contributed by atoms with Gasteiger partial charge >= 0.3 is 13.3 Å². The van der Waals surface area contributed by atoms with Gasteiger partial charge in [0.25, 0.3) is 17.4 Å². The molecule has 0 spiro atoms. The Morgan fingerprint density at radius 1 is 1.08 bits per heavy atom. The zero-order valence-corrected chi connectivity index (χ0v) is 20.1. The SMILES string of the molecule is CC1(C)OB(c2cc(C(F)(F)F)c3c(=O)[nH]nc(CN4C(=O)C5=C(CCC=C5)C4=O)c3c2)OC1(C)C. The van der Waals surface area contributed by atoms with E-state index in [9.17, 15) is 27.6 Å². The number of carbonyl (C=O) groups excluding carboxylic acids is 2. The van der Waals surface area contributed by atoms with Gasteiger partial charge in [0.2, 0.25) is 0 Å². The first-order valence-electron chi connectivity index (χ1n) is 11.5. The topological polar surface area (TPSA) is 102 Å². The molecule has 3 aliphatic rings. The van der Waals surface area contributed by atoms with Gasteiger partial charge in [-0.25, -0.2) is 5.10 Å². The van der Waals surface area contributed by atoms with Crippen molar-refractivity contribution in [2.45, 2.75) is 64.5 Å². The van der Waals surface area contributed by atoms with E-state index in [1.165, 1.54) is 6.07 Å². The summed E-state index contributed by atoms with van der Waals surface area (Å²) in [5, 5.41) is 5.25. The standard InChI is InChI=1S/C24H23BF3N3O5/c1-22(2)23(3,4)36-25(35-22)12-9-15-17(29-30-19(32)18(15)16(10-12)24(26,27)28)11-31-20(33)13-7-5-6-8-14(13)21(31)34/h5,7,9-10H,6,8,11H2,1-4H3,(H,30,32). The van der Waals surface area contributed by atoms with Crippen molar-refractivity contribution in [1.29, 1.82) is 0 Å². The molecule has 3 heterocycles. The average molecular weight is 501 g/mol. The fraction of sp³-hybridized carbons (Fsp3) is 0.417. The van der Waals surface area contributed by atoms with Crippen molar-refractivity contribution in [1.82, 2.24) is 15.1 Å². The van der Waals surface area contributed by atoms with Gasteiger partial charge in [0.15, 0.2) is 0 Å². The fourth-order valence-electron chi connectivity index (χ4n) is 4.61. The summed E-state index contributed by atoms with van der Waals surface area (Å²) in [6.45, 7) is 6.67. The highest BCUT2D eigenvalue weighted by Gasteiger charge is 2.52. The van der Waals surface area contributed by atoms with Crippen LogP contribution in [0.25, 0.3) is 10.8 Å². The summed E-state index contributed by atoms with van der Waals surface area (Å²) in [6, 6.07) is 2.18. The van der Waals surface area contributed by atoms with Crippen LogP contribution in [0, 0.1) is 0 Å². The van der Waals surface area contributed by atoms with Crippen LogP contribution in [-0.4, -0.2) is 45.2 Å². The molecule has 0 saturated carbocycles. The lowest BCUT2D eigenvalue weighted by atomic mass is 9.77. The number of alkyl halides is 3. The predicted molar refractivity (Wildman–Crippen MR) is 124 cm³/mol. The van der Waals surface area contributed by atoms with Gasteiger partial charge in [-0.3, -0.25) is 19.3 Å². The summed E-state index contributed by atoms with van der Waals surface area (Å²) in [5.74, 6) is -1.07. The Labute approximate surface area is 204 Å². The van der Waals surface area contributed by atoms with Gasteiger partial charge < -0.3 is 9.31 Å². The van der Waals surface area contributed by atoms with Crippen LogP contribution in [0.5, 0.6) is 0 Å². The van der Waals surface area contributed by atoms with Gasteiger partial charge in [0, 0.05) is 16.5 Å². The minimum absolute atomic E-state index is 0.0431. The Hall–Kier alpha value is -3.25. The van der Waals surface area contributed by atoms with E-state index in [-0.39, 0.29) is 22.1 Å². The number of H-pyrrole nitrogens is 1. The molecule has 1 saturated heterocycles. The van der Waals surface area contributed by atoms with E-state index in [0.29, 0.717) is 18.4 Å². The van der Waals surface area contributed by atoms with Gasteiger partial charge in [-0.05, 0) is 52.1 Å². The lowest BCUT2D eigenvalue weighted by Gasteiger charge is -2.32. The summed E-state index contributed by atoms with van der Waals surface area (Å²) in [5.41, 5.74) is -3.23. The minimum Gasteiger partial charge on any atom is -0.399 e. The zero-order chi connectivity index (χ0) is 26.2. The number of imide groups is 1. The second-order valence-corrected chi connectivity index (χ2v) is 10.1. The molecule has 0 bridgehead atoms. The molecule has 1 fully saturated rings. The number of nitrogens with zero attached hydrogens (tertiary/aromatic N) is 2. The van der Waals surface area contributed by atoms with Crippen molar-refractivity contribution in [2.24, 2.45) is 0 Å². The summed E-state index contributed by atoms with van der Waals surface area (Å²) < 4.78 is 54.3. The maximum Gasteiger partial charge on any atom is 0.494 e. The predicted octanol–water partition coefficient (Wildman–Crippen LogP) is 2.76. The number of carbonyl (C=O) groups is 2. The van der Waals surface area contributed by atoms with Gasteiger partial charge in [0.1, 0.15) is 0 Å². The van der Waals surface area contributed by atoms with Crippen LogP contribution >= 0.6 is 0 Å². The molecule has 2 amide bonds. The number of rotatable bonds is 3. The maximum atomic E-state index is 14.1. The molecule has 5 rings (SSSR count). The Morgan fingerprint density at radius 2 is 1.75 bits per heavy atom. The van der Waals surface area contributed by atoms with Crippen LogP contribution in [0.1, 0.15) is 51.8 Å². The lowest BCUT2D eigenvalue weighted by Crippen LogP contribution is -2.41. The number of aromatic amines is 1. The van der Waals surface area contributed by atoms with Gasteiger partial charge in [0.05, 0.1) is 34.4 Å². The van der Waals surface area contributed by atoms with Crippen molar-refractivity contribution >= 4 is 35.2 Å². The molecule has 1 aromatic carbocycles. The number of allylic oxidation sites excluding steroid dienone is 1. The molecule has 8 nitrogen and oxygen atoms in total. The number of halogens is 3. The van der Waals surface area contributed by atoms with Crippen LogP contribution in [0.15, 0.2) is 40.2 Å². The average Bonchev–Trinajstić information content (AvgIpc) is 3.17. The van der Waals surface area contributed by atoms with E-state index in [2.05, 4.69) is 10.2 Å². The van der Waals surface area contributed by atoms with Crippen LogP contribution in [0.3, 0.4) is 0 Å². The first-order chi connectivity index (χ1) is 16.7. The number of hydrogen-bond donors (Lipinski definition) is 1. The Balaban J connectivity index is 1.64. The third-order valence-electron chi connectivity index (χ3n) is 7.28. The highest BCUT2D eigenvalue weighted by molar-refractivity contribution is 6.62. The van der Waals surface area contributed by atoms with Gasteiger partial charge in [-0.15, -0.1) is 0 Å². The quantitative estimate of drug-likeness (QED) is 0.513. The van der Waals surface area contributed by atoms with E-state index in [4.69, 9.17) is 9.31 Å². The molecular formula is C24H23BF3N3O5. The summed E-state index contributed by atoms with van der Waals surface area (Å²) in [4.78, 5) is 39.3. The zero-order valence-electron chi connectivity index (χ0n) is 20.1. The van der Waals surface area contributed by atoms with Gasteiger partial charge in [-0.2, -0.15) is 18.3 Å². The van der Waals surface area contributed by atoms with Crippen molar-refractivity contribution in [2.75, 3.05) is 0 Å². The molecule has 1 N–H and O–H groups in total. The Kier molecular flexibility index (Phi) is 5.35. The fourth-order valence-corrected chi connectivity index (χ4v) is 4.61. The number of hydrogen-bond acceptors (Lipinski definition) is 6. The third-order valence-corrected chi connectivity index (χ3v) is 7.28. The highest BCUT2D eigenvalue weighted by atomic mass is 19.4. The molecule has 2 aromatic rings. The molecule has 0 atom stereocenters. The Bertz CT molecular complexity index is 1420. The van der Waals surface area contributed by atoms with Crippen LogP contribution in [0.2, 0.25) is 0 Å². The first-order valence-corrected chi connectivity index (χ1v) is 11.5. The van der Waals surface area contributed by atoms with Crippen molar-refractivity contribution in [3.63, 3.8) is 0 Å². The molecular weight excluding hydrogens is 478 g/mol. The van der Waals surface area contributed by atoms with Crippen molar-refractivity contribution in [3.8, 4) is 0 Å². The molecule has 1 aromatic heterocycles. The maximum absolute atomic E-state index is 14.1. The number of benzene rings is 1. The van der Waals surface area contributed by atoms with Crippen LogP contribution in [0.4, 0.5) is 13.2 Å². The summed E-state index contributed by atoms with van der Waals surface area (Å²) >= 11 is 0. The highest BCUT2D eigenvalue weighted by Crippen LogP contribution is 2.39. The van der Waals surface area contributed by atoms with E-state index in [1.807, 2.05) is 0 Å². The largest absolute Gasteiger partial charge is 0.494 e. The summed E-state index contributed by atoms with van der Waals surface area (Å²) in [7, 11) is -1.14. The second kappa shape index (κ2) is 7.88. The molecule has 36 heavy (non-hydrogen) atoms. The third kappa shape index (κ3) is 3.70. The number of aromatic nitrogens is 2. The molecule has 0 unspecified atom stereocenters. The van der Waals surface area contributed by atoms with E-state index >= 15 is 0 Å².